The Morgan fingerprint density at radius 1 is 0.824 bits per heavy atom. The van der Waals surface area contributed by atoms with Gasteiger partial charge in [0.2, 0.25) is 0 Å². The number of anilines is 1. The summed E-state index contributed by atoms with van der Waals surface area (Å²) < 4.78 is 0. The van der Waals surface area contributed by atoms with Crippen molar-refractivity contribution in [2.75, 3.05) is 5.73 Å². The molecule has 0 aliphatic rings. The van der Waals surface area contributed by atoms with Gasteiger partial charge >= 0.3 is 0 Å². The van der Waals surface area contributed by atoms with Crippen LogP contribution >= 0.6 is 0 Å². The molecule has 2 aromatic carbocycles. The molecule has 0 heterocycles. The Kier molecular flexibility index (Phi) is 3.78. The molecule has 2 heteroatoms. The topological polar surface area (TPSA) is 46.2 Å². The molecule has 0 fully saturated rings. The first-order chi connectivity index (χ1) is 8.28. The Morgan fingerprint density at radius 3 is 2.12 bits per heavy atom. The second-order valence-electron chi connectivity index (χ2n) is 4.22. The molecule has 0 saturated heterocycles. The lowest BCUT2D eigenvalue weighted by Crippen LogP contribution is -1.93. The highest BCUT2D eigenvalue weighted by Crippen LogP contribution is 2.11. The van der Waals surface area contributed by atoms with E-state index in [-0.39, 0.29) is 6.61 Å². The van der Waals surface area contributed by atoms with Crippen LogP contribution in [0.1, 0.15) is 16.7 Å². The van der Waals surface area contributed by atoms with Gasteiger partial charge in [0.05, 0.1) is 6.61 Å². The Labute approximate surface area is 102 Å². The van der Waals surface area contributed by atoms with Gasteiger partial charge in [-0.1, -0.05) is 36.4 Å². The molecular formula is C15H17NO. The summed E-state index contributed by atoms with van der Waals surface area (Å²) in [5.74, 6) is 0. The second kappa shape index (κ2) is 5.51. The molecule has 2 nitrogen and oxygen atoms in total. The maximum absolute atomic E-state index is 8.95. The molecule has 2 rings (SSSR count). The van der Waals surface area contributed by atoms with Crippen LogP contribution < -0.4 is 5.73 Å². The van der Waals surface area contributed by atoms with Crippen molar-refractivity contribution >= 4 is 5.69 Å². The van der Waals surface area contributed by atoms with Gasteiger partial charge in [-0.05, 0) is 41.7 Å². The summed E-state index contributed by atoms with van der Waals surface area (Å²) in [6.07, 6.45) is 1.98. The lowest BCUT2D eigenvalue weighted by atomic mass is 10.0. The minimum absolute atomic E-state index is 0.107. The molecule has 0 saturated carbocycles. The monoisotopic (exact) mass is 227 g/mol. The highest BCUT2D eigenvalue weighted by Gasteiger charge is 1.97. The Bertz CT molecular complexity index is 477. The van der Waals surface area contributed by atoms with Gasteiger partial charge in [0.25, 0.3) is 0 Å². The van der Waals surface area contributed by atoms with E-state index in [1.165, 1.54) is 11.1 Å². The van der Waals surface area contributed by atoms with E-state index in [1.54, 1.807) is 0 Å². The minimum atomic E-state index is 0.107. The van der Waals surface area contributed by atoms with Crippen LogP contribution in [-0.2, 0) is 19.4 Å². The van der Waals surface area contributed by atoms with E-state index in [9.17, 15) is 0 Å². The molecule has 17 heavy (non-hydrogen) atoms. The number of rotatable bonds is 4. The van der Waals surface area contributed by atoms with E-state index in [2.05, 4.69) is 18.2 Å². The molecular weight excluding hydrogens is 210 g/mol. The summed E-state index contributed by atoms with van der Waals surface area (Å²) in [6, 6.07) is 16.1. The van der Waals surface area contributed by atoms with Gasteiger partial charge in [0.1, 0.15) is 0 Å². The highest BCUT2D eigenvalue weighted by atomic mass is 16.3. The standard InChI is InChI=1S/C15H17NO/c16-15-3-1-2-13(10-15)7-4-12-5-8-14(11-17)9-6-12/h1-3,5-6,8-10,17H,4,7,11,16H2. The van der Waals surface area contributed by atoms with Crippen molar-refractivity contribution in [3.63, 3.8) is 0 Å². The summed E-state index contributed by atoms with van der Waals surface area (Å²) >= 11 is 0. The number of hydrogen-bond acceptors (Lipinski definition) is 2. The summed E-state index contributed by atoms with van der Waals surface area (Å²) in [7, 11) is 0. The molecule has 88 valence electrons. The lowest BCUT2D eigenvalue weighted by molar-refractivity contribution is 0.282. The first-order valence-corrected chi connectivity index (χ1v) is 5.81. The van der Waals surface area contributed by atoms with Crippen LogP contribution in [-0.4, -0.2) is 5.11 Å². The predicted molar refractivity (Wildman–Crippen MR) is 70.6 cm³/mol. The molecule has 0 atom stereocenters. The van der Waals surface area contributed by atoms with E-state index in [0.29, 0.717) is 0 Å². The smallest absolute Gasteiger partial charge is 0.0681 e. The van der Waals surface area contributed by atoms with Crippen molar-refractivity contribution < 1.29 is 5.11 Å². The van der Waals surface area contributed by atoms with Gasteiger partial charge in [-0.15, -0.1) is 0 Å². The number of nitrogen functional groups attached to an aromatic ring is 1. The average Bonchev–Trinajstić information content (AvgIpc) is 2.37. The lowest BCUT2D eigenvalue weighted by Gasteiger charge is -2.04. The zero-order valence-electron chi connectivity index (χ0n) is 9.76. The van der Waals surface area contributed by atoms with Crippen molar-refractivity contribution in [1.82, 2.24) is 0 Å². The maximum atomic E-state index is 8.95. The van der Waals surface area contributed by atoms with Crippen LogP contribution in [0.3, 0.4) is 0 Å². The van der Waals surface area contributed by atoms with Crippen molar-refractivity contribution in [3.05, 3.63) is 65.2 Å². The van der Waals surface area contributed by atoms with Crippen LogP contribution in [0.15, 0.2) is 48.5 Å². The third-order valence-corrected chi connectivity index (χ3v) is 2.86. The number of hydrogen-bond donors (Lipinski definition) is 2. The summed E-state index contributed by atoms with van der Waals surface area (Å²) in [6.45, 7) is 0.107. The molecule has 0 aliphatic carbocycles. The molecule has 0 aromatic heterocycles. The van der Waals surface area contributed by atoms with Crippen LogP contribution in [0.4, 0.5) is 5.69 Å². The summed E-state index contributed by atoms with van der Waals surface area (Å²) in [5.41, 5.74) is 10.1. The fourth-order valence-electron chi connectivity index (χ4n) is 1.85. The van der Waals surface area contributed by atoms with E-state index in [4.69, 9.17) is 10.8 Å². The van der Waals surface area contributed by atoms with Crippen LogP contribution in [0.5, 0.6) is 0 Å². The molecule has 0 bridgehead atoms. The molecule has 0 spiro atoms. The third-order valence-electron chi connectivity index (χ3n) is 2.86. The van der Waals surface area contributed by atoms with Gasteiger partial charge in [-0.25, -0.2) is 0 Å². The molecule has 0 unspecified atom stereocenters. The van der Waals surface area contributed by atoms with E-state index in [0.717, 1.165) is 24.1 Å². The van der Waals surface area contributed by atoms with Gasteiger partial charge in [0.15, 0.2) is 0 Å². The number of aliphatic hydroxyl groups is 1. The van der Waals surface area contributed by atoms with E-state index < -0.39 is 0 Å². The molecule has 0 aliphatic heterocycles. The van der Waals surface area contributed by atoms with Crippen molar-refractivity contribution in [2.24, 2.45) is 0 Å². The van der Waals surface area contributed by atoms with Gasteiger partial charge < -0.3 is 10.8 Å². The number of benzene rings is 2. The Morgan fingerprint density at radius 2 is 1.47 bits per heavy atom. The van der Waals surface area contributed by atoms with E-state index >= 15 is 0 Å². The minimum Gasteiger partial charge on any atom is -0.399 e. The second-order valence-corrected chi connectivity index (χ2v) is 4.22. The normalized spacial score (nSPS) is 10.4. The summed E-state index contributed by atoms with van der Waals surface area (Å²) in [4.78, 5) is 0. The predicted octanol–water partition coefficient (Wildman–Crippen LogP) is 2.55. The van der Waals surface area contributed by atoms with Crippen molar-refractivity contribution in [1.29, 1.82) is 0 Å². The largest absolute Gasteiger partial charge is 0.399 e. The van der Waals surface area contributed by atoms with Crippen LogP contribution in [0.2, 0.25) is 0 Å². The molecule has 0 amide bonds. The van der Waals surface area contributed by atoms with Crippen LogP contribution in [0, 0.1) is 0 Å². The zero-order chi connectivity index (χ0) is 12.1. The van der Waals surface area contributed by atoms with Crippen molar-refractivity contribution in [3.8, 4) is 0 Å². The van der Waals surface area contributed by atoms with Gasteiger partial charge in [-0.2, -0.15) is 0 Å². The quantitative estimate of drug-likeness (QED) is 0.788. The van der Waals surface area contributed by atoms with E-state index in [1.807, 2.05) is 30.3 Å². The van der Waals surface area contributed by atoms with Gasteiger partial charge in [0, 0.05) is 5.69 Å². The fourth-order valence-corrected chi connectivity index (χ4v) is 1.85. The first-order valence-electron chi connectivity index (χ1n) is 5.81. The fraction of sp³-hybridized carbons (Fsp3) is 0.200. The average molecular weight is 227 g/mol. The Hall–Kier alpha value is -1.80. The maximum Gasteiger partial charge on any atom is 0.0681 e. The number of aliphatic hydroxyl groups excluding tert-OH is 1. The van der Waals surface area contributed by atoms with Crippen molar-refractivity contribution in [2.45, 2.75) is 19.4 Å². The highest BCUT2D eigenvalue weighted by molar-refractivity contribution is 5.40. The number of aryl methyl sites for hydroxylation is 2. The van der Waals surface area contributed by atoms with Gasteiger partial charge in [-0.3, -0.25) is 0 Å². The molecule has 0 radical (unpaired) electrons. The molecule has 3 N–H and O–H groups in total. The Balaban J connectivity index is 1.97. The first kappa shape index (κ1) is 11.7. The number of nitrogens with two attached hydrogens (primary N) is 1. The SMILES string of the molecule is Nc1cccc(CCc2ccc(CO)cc2)c1. The summed E-state index contributed by atoms with van der Waals surface area (Å²) in [5, 5.41) is 8.95. The molecule has 2 aromatic rings. The van der Waals surface area contributed by atoms with Crippen LogP contribution in [0.25, 0.3) is 0 Å². The zero-order valence-corrected chi connectivity index (χ0v) is 9.76. The third kappa shape index (κ3) is 3.33.